The second kappa shape index (κ2) is 5.74. The van der Waals surface area contributed by atoms with Crippen LogP contribution in [-0.4, -0.2) is 20.6 Å². The summed E-state index contributed by atoms with van der Waals surface area (Å²) in [6.07, 6.45) is 10.2. The second-order valence-corrected chi connectivity index (χ2v) is 6.15. The zero-order chi connectivity index (χ0) is 13.1. The van der Waals surface area contributed by atoms with Gasteiger partial charge in [-0.3, -0.25) is 0 Å². The lowest BCUT2D eigenvalue weighted by atomic mass is 10.2. The molecule has 2 heterocycles. The van der Waals surface area contributed by atoms with Crippen molar-refractivity contribution in [3.63, 3.8) is 0 Å². The third-order valence-corrected chi connectivity index (χ3v) is 4.66. The molecule has 0 bridgehead atoms. The van der Waals surface area contributed by atoms with Crippen LogP contribution in [0, 0.1) is 6.92 Å². The highest BCUT2D eigenvalue weighted by atomic mass is 32.1. The van der Waals surface area contributed by atoms with Crippen molar-refractivity contribution in [2.24, 2.45) is 0 Å². The SMILES string of the molecule is Cc1csc(CCn2ccnc2NC2CCCC2)n1. The van der Waals surface area contributed by atoms with E-state index in [9.17, 15) is 0 Å². The largest absolute Gasteiger partial charge is 0.353 e. The number of hydrogen-bond donors (Lipinski definition) is 1. The van der Waals surface area contributed by atoms with Crippen LogP contribution in [0.3, 0.4) is 0 Å². The number of anilines is 1. The van der Waals surface area contributed by atoms with E-state index in [4.69, 9.17) is 0 Å². The Kier molecular flexibility index (Phi) is 3.82. The monoisotopic (exact) mass is 276 g/mol. The number of nitrogens with one attached hydrogen (secondary N) is 1. The van der Waals surface area contributed by atoms with Crippen molar-refractivity contribution in [2.75, 3.05) is 5.32 Å². The highest BCUT2D eigenvalue weighted by molar-refractivity contribution is 7.09. The molecule has 0 aliphatic heterocycles. The van der Waals surface area contributed by atoms with Crippen LogP contribution in [0.25, 0.3) is 0 Å². The number of imidazole rings is 1. The zero-order valence-corrected chi connectivity index (χ0v) is 12.1. The lowest BCUT2D eigenvalue weighted by Crippen LogP contribution is -2.18. The molecular weight excluding hydrogens is 256 g/mol. The molecule has 19 heavy (non-hydrogen) atoms. The standard InChI is InChI=1S/C14H20N4S/c1-11-10-19-13(16-11)6-8-18-9-7-15-14(18)17-12-4-2-3-5-12/h7,9-10,12H,2-6,8H2,1H3,(H,15,17). The van der Waals surface area contributed by atoms with Crippen molar-refractivity contribution in [2.45, 2.75) is 51.6 Å². The number of aryl methyl sites for hydroxylation is 3. The number of hydrogen-bond acceptors (Lipinski definition) is 4. The van der Waals surface area contributed by atoms with Gasteiger partial charge >= 0.3 is 0 Å². The molecule has 0 amide bonds. The molecule has 1 saturated carbocycles. The molecule has 0 radical (unpaired) electrons. The first-order valence-electron chi connectivity index (χ1n) is 7.00. The molecule has 5 heteroatoms. The number of rotatable bonds is 5. The van der Waals surface area contributed by atoms with Crippen LogP contribution >= 0.6 is 11.3 Å². The predicted molar refractivity (Wildman–Crippen MR) is 78.7 cm³/mol. The van der Waals surface area contributed by atoms with Gasteiger partial charge in [0.1, 0.15) is 0 Å². The van der Waals surface area contributed by atoms with Crippen molar-refractivity contribution in [1.29, 1.82) is 0 Å². The Morgan fingerprint density at radius 3 is 3.00 bits per heavy atom. The molecule has 4 nitrogen and oxygen atoms in total. The summed E-state index contributed by atoms with van der Waals surface area (Å²) in [6, 6.07) is 0.614. The highest BCUT2D eigenvalue weighted by Gasteiger charge is 2.16. The molecule has 0 saturated heterocycles. The molecule has 1 aliphatic rings. The van der Waals surface area contributed by atoms with E-state index in [1.165, 1.54) is 30.7 Å². The molecule has 3 rings (SSSR count). The van der Waals surface area contributed by atoms with E-state index in [2.05, 4.69) is 31.4 Å². The summed E-state index contributed by atoms with van der Waals surface area (Å²) < 4.78 is 2.20. The first-order chi connectivity index (χ1) is 9.31. The van der Waals surface area contributed by atoms with Crippen LogP contribution in [-0.2, 0) is 13.0 Å². The van der Waals surface area contributed by atoms with E-state index in [1.807, 2.05) is 13.1 Å². The van der Waals surface area contributed by atoms with Crippen molar-refractivity contribution < 1.29 is 0 Å². The normalized spacial score (nSPS) is 16.1. The minimum absolute atomic E-state index is 0.614. The molecule has 1 N–H and O–H groups in total. The number of thiazole rings is 1. The van der Waals surface area contributed by atoms with Gasteiger partial charge in [-0.25, -0.2) is 9.97 Å². The lowest BCUT2D eigenvalue weighted by molar-refractivity contribution is 0.672. The van der Waals surface area contributed by atoms with Crippen molar-refractivity contribution >= 4 is 17.3 Å². The summed E-state index contributed by atoms with van der Waals surface area (Å²) in [4.78, 5) is 8.94. The van der Waals surface area contributed by atoms with E-state index in [0.717, 1.165) is 24.6 Å². The van der Waals surface area contributed by atoms with E-state index < -0.39 is 0 Å². The van der Waals surface area contributed by atoms with Crippen LogP contribution in [0.5, 0.6) is 0 Å². The summed E-state index contributed by atoms with van der Waals surface area (Å²) in [5.41, 5.74) is 1.12. The van der Waals surface area contributed by atoms with Gasteiger partial charge in [-0.1, -0.05) is 12.8 Å². The van der Waals surface area contributed by atoms with Gasteiger partial charge < -0.3 is 9.88 Å². The van der Waals surface area contributed by atoms with Crippen molar-refractivity contribution in [3.8, 4) is 0 Å². The molecule has 102 valence electrons. The van der Waals surface area contributed by atoms with E-state index in [1.54, 1.807) is 11.3 Å². The Labute approximate surface area is 117 Å². The van der Waals surface area contributed by atoms with Gasteiger partial charge in [-0.15, -0.1) is 11.3 Å². The van der Waals surface area contributed by atoms with E-state index in [0.29, 0.717) is 6.04 Å². The minimum Gasteiger partial charge on any atom is -0.353 e. The quantitative estimate of drug-likeness (QED) is 0.911. The Morgan fingerprint density at radius 2 is 2.26 bits per heavy atom. The Balaban J connectivity index is 1.59. The average Bonchev–Trinajstić information content (AvgIpc) is 3.10. The maximum atomic E-state index is 4.51. The maximum absolute atomic E-state index is 4.51. The molecule has 0 unspecified atom stereocenters. The summed E-state index contributed by atoms with van der Waals surface area (Å²) >= 11 is 1.74. The van der Waals surface area contributed by atoms with Gasteiger partial charge in [0.2, 0.25) is 5.95 Å². The smallest absolute Gasteiger partial charge is 0.202 e. The van der Waals surface area contributed by atoms with Crippen LogP contribution in [0.4, 0.5) is 5.95 Å². The number of nitrogens with zero attached hydrogens (tertiary/aromatic N) is 3. The third kappa shape index (κ3) is 3.15. The summed E-state index contributed by atoms with van der Waals surface area (Å²) in [5.74, 6) is 1.01. The van der Waals surface area contributed by atoms with Crippen LogP contribution < -0.4 is 5.32 Å². The Morgan fingerprint density at radius 1 is 1.42 bits per heavy atom. The highest BCUT2D eigenvalue weighted by Crippen LogP contribution is 2.21. The van der Waals surface area contributed by atoms with Gasteiger partial charge in [0.05, 0.1) is 5.01 Å². The predicted octanol–water partition coefficient (Wildman–Crippen LogP) is 3.25. The van der Waals surface area contributed by atoms with Gasteiger partial charge in [0.15, 0.2) is 0 Å². The fourth-order valence-corrected chi connectivity index (χ4v) is 3.38. The molecule has 1 fully saturated rings. The van der Waals surface area contributed by atoms with Gasteiger partial charge in [-0.2, -0.15) is 0 Å². The molecule has 2 aromatic heterocycles. The van der Waals surface area contributed by atoms with Gasteiger partial charge in [-0.05, 0) is 19.8 Å². The second-order valence-electron chi connectivity index (χ2n) is 5.20. The minimum atomic E-state index is 0.614. The van der Waals surface area contributed by atoms with Crippen molar-refractivity contribution in [1.82, 2.24) is 14.5 Å². The van der Waals surface area contributed by atoms with E-state index >= 15 is 0 Å². The zero-order valence-electron chi connectivity index (χ0n) is 11.3. The Hall–Kier alpha value is -1.36. The van der Waals surface area contributed by atoms with Crippen molar-refractivity contribution in [3.05, 3.63) is 28.5 Å². The summed E-state index contributed by atoms with van der Waals surface area (Å²) in [5, 5.41) is 6.88. The van der Waals surface area contributed by atoms with Crippen LogP contribution in [0.2, 0.25) is 0 Å². The van der Waals surface area contributed by atoms with E-state index in [-0.39, 0.29) is 0 Å². The summed E-state index contributed by atoms with van der Waals surface area (Å²) in [6.45, 7) is 2.99. The molecular formula is C14H20N4S. The van der Waals surface area contributed by atoms with Gasteiger partial charge in [0.25, 0.3) is 0 Å². The van der Waals surface area contributed by atoms with Crippen LogP contribution in [0.1, 0.15) is 36.4 Å². The molecule has 1 aliphatic carbocycles. The molecule has 0 atom stereocenters. The third-order valence-electron chi connectivity index (χ3n) is 3.64. The fraction of sp³-hybridized carbons (Fsp3) is 0.571. The average molecular weight is 276 g/mol. The first kappa shape index (κ1) is 12.7. The maximum Gasteiger partial charge on any atom is 0.202 e. The first-order valence-corrected chi connectivity index (χ1v) is 7.88. The summed E-state index contributed by atoms with van der Waals surface area (Å²) in [7, 11) is 0. The fourth-order valence-electron chi connectivity index (χ4n) is 2.62. The topological polar surface area (TPSA) is 42.7 Å². The van der Waals surface area contributed by atoms with Crippen LogP contribution in [0.15, 0.2) is 17.8 Å². The molecule has 0 aromatic carbocycles. The lowest BCUT2D eigenvalue weighted by Gasteiger charge is -2.14. The molecule has 0 spiro atoms. The Bertz CT molecular complexity index is 525. The number of aromatic nitrogens is 3. The van der Waals surface area contributed by atoms with Gasteiger partial charge in [0, 0.05) is 42.5 Å². The molecule has 2 aromatic rings.